The fourth-order valence-electron chi connectivity index (χ4n) is 5.14. The maximum atomic E-state index is 13.7. The first-order chi connectivity index (χ1) is 17.6. The molecule has 0 N–H and O–H groups in total. The summed E-state index contributed by atoms with van der Waals surface area (Å²) in [4.78, 5) is 28.2. The molecule has 2 aromatic carbocycles. The fraction of sp³-hybridized carbons (Fsp3) is 0.393. The summed E-state index contributed by atoms with van der Waals surface area (Å²) in [5, 5.41) is 0. The zero-order valence-electron chi connectivity index (χ0n) is 20.7. The minimum absolute atomic E-state index is 0.0960. The summed E-state index contributed by atoms with van der Waals surface area (Å²) in [5.41, 5.74) is 3.98. The lowest BCUT2D eigenvalue weighted by molar-refractivity contribution is -0.137. The van der Waals surface area contributed by atoms with Crippen LogP contribution in [-0.2, 0) is 16.1 Å². The topological polar surface area (TPSA) is 58.2 Å². The third kappa shape index (κ3) is 5.13. The molecular formula is C28H32N6O2. The van der Waals surface area contributed by atoms with Crippen molar-refractivity contribution in [3.8, 4) is 0 Å². The second-order valence-corrected chi connectivity index (χ2v) is 9.39. The number of benzene rings is 2. The maximum Gasteiger partial charge on any atom is 0.246 e. The number of morpholine rings is 1. The first-order valence-electron chi connectivity index (χ1n) is 12.5. The van der Waals surface area contributed by atoms with E-state index in [1.54, 1.807) is 0 Å². The molecule has 0 radical (unpaired) electrons. The van der Waals surface area contributed by atoms with Crippen molar-refractivity contribution in [1.82, 2.24) is 19.4 Å². The number of carbonyl (C=O) groups is 1. The van der Waals surface area contributed by atoms with Crippen LogP contribution in [0.2, 0.25) is 0 Å². The second-order valence-electron chi connectivity index (χ2n) is 9.39. The molecule has 0 bridgehead atoms. The van der Waals surface area contributed by atoms with Crippen molar-refractivity contribution >= 4 is 17.3 Å². The van der Waals surface area contributed by atoms with Gasteiger partial charge < -0.3 is 19.1 Å². The SMILES string of the molecule is [C-]#[N+]c1ccc([C@@H](C)n2cncc2CN2CCN(c3ccccc3)C(C(=O)N3CCOCC3)C2)cc1. The van der Waals surface area contributed by atoms with Crippen molar-refractivity contribution in [2.45, 2.75) is 25.6 Å². The lowest BCUT2D eigenvalue weighted by atomic mass is 10.1. The molecule has 8 heteroatoms. The molecule has 1 aromatic heterocycles. The van der Waals surface area contributed by atoms with Gasteiger partial charge in [0.25, 0.3) is 0 Å². The van der Waals surface area contributed by atoms with E-state index in [1.807, 2.05) is 59.9 Å². The van der Waals surface area contributed by atoms with Crippen LogP contribution in [0.1, 0.15) is 24.2 Å². The molecule has 8 nitrogen and oxygen atoms in total. The van der Waals surface area contributed by atoms with E-state index in [4.69, 9.17) is 11.3 Å². The quantitative estimate of drug-likeness (QED) is 0.501. The van der Waals surface area contributed by atoms with Crippen molar-refractivity contribution in [3.63, 3.8) is 0 Å². The van der Waals surface area contributed by atoms with Crippen LogP contribution in [0.15, 0.2) is 67.1 Å². The molecule has 0 saturated carbocycles. The highest BCUT2D eigenvalue weighted by Crippen LogP contribution is 2.26. The summed E-state index contributed by atoms with van der Waals surface area (Å²) >= 11 is 0. The first-order valence-corrected chi connectivity index (χ1v) is 12.5. The Kier molecular flexibility index (Phi) is 7.31. The average molecular weight is 485 g/mol. The van der Waals surface area contributed by atoms with E-state index in [-0.39, 0.29) is 18.0 Å². The molecule has 3 heterocycles. The van der Waals surface area contributed by atoms with Gasteiger partial charge in [-0.2, -0.15) is 0 Å². The Morgan fingerprint density at radius 1 is 1.08 bits per heavy atom. The number of rotatable bonds is 6. The zero-order chi connectivity index (χ0) is 24.9. The Hall–Kier alpha value is -3.67. The van der Waals surface area contributed by atoms with E-state index >= 15 is 0 Å². The Labute approximate surface area is 212 Å². The number of aromatic nitrogens is 2. The number of anilines is 1. The highest BCUT2D eigenvalue weighted by atomic mass is 16.5. The molecule has 186 valence electrons. The minimum Gasteiger partial charge on any atom is -0.378 e. The lowest BCUT2D eigenvalue weighted by Gasteiger charge is -2.44. The van der Waals surface area contributed by atoms with E-state index < -0.39 is 0 Å². The number of ether oxygens (including phenoxy) is 1. The molecule has 2 aliphatic rings. The van der Waals surface area contributed by atoms with Crippen molar-refractivity contribution in [3.05, 3.63) is 89.8 Å². The Morgan fingerprint density at radius 3 is 2.56 bits per heavy atom. The van der Waals surface area contributed by atoms with Gasteiger partial charge in [-0.05, 0) is 24.6 Å². The summed E-state index contributed by atoms with van der Waals surface area (Å²) in [5.74, 6) is 0.175. The molecule has 2 saturated heterocycles. The molecule has 5 rings (SSSR count). The van der Waals surface area contributed by atoms with Gasteiger partial charge in [-0.3, -0.25) is 9.69 Å². The third-order valence-corrected chi connectivity index (χ3v) is 7.21. The smallest absolute Gasteiger partial charge is 0.246 e. The fourth-order valence-corrected chi connectivity index (χ4v) is 5.14. The van der Waals surface area contributed by atoms with Crippen LogP contribution in [0.5, 0.6) is 0 Å². The van der Waals surface area contributed by atoms with Gasteiger partial charge in [-0.1, -0.05) is 42.5 Å². The van der Waals surface area contributed by atoms with Gasteiger partial charge in [0.05, 0.1) is 37.8 Å². The largest absolute Gasteiger partial charge is 0.378 e. The van der Waals surface area contributed by atoms with Crippen LogP contribution in [-0.4, -0.2) is 77.2 Å². The monoisotopic (exact) mass is 484 g/mol. The van der Waals surface area contributed by atoms with Gasteiger partial charge in [0, 0.05) is 51.2 Å². The van der Waals surface area contributed by atoms with Gasteiger partial charge in [0.1, 0.15) is 6.04 Å². The highest BCUT2D eigenvalue weighted by Gasteiger charge is 2.36. The van der Waals surface area contributed by atoms with E-state index in [2.05, 4.69) is 43.3 Å². The first kappa shape index (κ1) is 24.0. The van der Waals surface area contributed by atoms with Crippen molar-refractivity contribution in [1.29, 1.82) is 0 Å². The Bertz CT molecular complexity index is 1200. The van der Waals surface area contributed by atoms with Crippen molar-refractivity contribution in [2.24, 2.45) is 0 Å². The molecule has 1 amide bonds. The highest BCUT2D eigenvalue weighted by molar-refractivity contribution is 5.86. The van der Waals surface area contributed by atoms with Crippen molar-refractivity contribution < 1.29 is 9.53 Å². The van der Waals surface area contributed by atoms with E-state index in [0.717, 1.165) is 36.6 Å². The molecule has 0 aliphatic carbocycles. The summed E-state index contributed by atoms with van der Waals surface area (Å²) in [7, 11) is 0. The average Bonchev–Trinajstić information content (AvgIpc) is 3.41. The Balaban J connectivity index is 1.34. The summed E-state index contributed by atoms with van der Waals surface area (Å²) in [6, 6.07) is 17.8. The predicted molar refractivity (Wildman–Crippen MR) is 139 cm³/mol. The summed E-state index contributed by atoms with van der Waals surface area (Å²) < 4.78 is 7.67. The Morgan fingerprint density at radius 2 is 1.83 bits per heavy atom. The van der Waals surface area contributed by atoms with Crippen LogP contribution in [0.25, 0.3) is 4.85 Å². The number of piperazine rings is 1. The van der Waals surface area contributed by atoms with Crippen LogP contribution < -0.4 is 4.90 Å². The summed E-state index contributed by atoms with van der Waals surface area (Å²) in [6.07, 6.45) is 3.80. The van der Waals surface area contributed by atoms with Gasteiger partial charge in [0.2, 0.25) is 5.91 Å². The normalized spacial score (nSPS) is 19.6. The maximum absolute atomic E-state index is 13.7. The second kappa shape index (κ2) is 10.9. The van der Waals surface area contributed by atoms with Gasteiger partial charge >= 0.3 is 0 Å². The number of carbonyl (C=O) groups excluding carboxylic acids is 1. The van der Waals surface area contributed by atoms with Gasteiger partial charge in [-0.25, -0.2) is 9.83 Å². The lowest BCUT2D eigenvalue weighted by Crippen LogP contribution is -2.60. The molecule has 2 aliphatic heterocycles. The molecule has 2 fully saturated rings. The van der Waals surface area contributed by atoms with Crippen LogP contribution in [0.4, 0.5) is 11.4 Å². The number of imidazole rings is 1. The van der Waals surface area contributed by atoms with Gasteiger partial charge in [-0.15, -0.1) is 0 Å². The van der Waals surface area contributed by atoms with Crippen LogP contribution in [0.3, 0.4) is 0 Å². The molecule has 0 spiro atoms. The molecular weight excluding hydrogens is 452 g/mol. The number of hydrogen-bond donors (Lipinski definition) is 0. The molecule has 36 heavy (non-hydrogen) atoms. The van der Waals surface area contributed by atoms with E-state index in [1.165, 1.54) is 0 Å². The predicted octanol–water partition coefficient (Wildman–Crippen LogP) is 3.59. The molecule has 2 atom stereocenters. The number of amides is 1. The minimum atomic E-state index is -0.241. The summed E-state index contributed by atoms with van der Waals surface area (Å²) in [6.45, 7) is 14.9. The zero-order valence-corrected chi connectivity index (χ0v) is 20.7. The van der Waals surface area contributed by atoms with E-state index in [9.17, 15) is 4.79 Å². The van der Waals surface area contributed by atoms with Crippen LogP contribution in [0, 0.1) is 6.57 Å². The van der Waals surface area contributed by atoms with Crippen molar-refractivity contribution in [2.75, 3.05) is 50.8 Å². The standard InChI is InChI=1S/C28H32N6O2/c1-22(23-8-10-24(29-2)11-9-23)34-21-30-18-26(34)19-31-12-13-33(25-6-4-3-5-7-25)27(20-31)28(35)32-14-16-36-17-15-32/h3-11,18,21-22,27H,12-17,19-20H2,1H3/t22-,27?/m1/s1. The molecule has 3 aromatic rings. The van der Waals surface area contributed by atoms with E-state index in [0.29, 0.717) is 38.5 Å². The third-order valence-electron chi connectivity index (χ3n) is 7.21. The number of hydrogen-bond acceptors (Lipinski definition) is 5. The van der Waals surface area contributed by atoms with Gasteiger partial charge in [0.15, 0.2) is 5.69 Å². The van der Waals surface area contributed by atoms with Crippen LogP contribution >= 0.6 is 0 Å². The number of para-hydroxylation sites is 1. The number of nitrogens with zero attached hydrogens (tertiary/aromatic N) is 6. The molecule has 1 unspecified atom stereocenters.